The molecule has 3 nitrogen and oxygen atoms in total. The largest absolute Gasteiger partial charge is 0.278 e. The maximum absolute atomic E-state index is 5.01. The summed E-state index contributed by atoms with van der Waals surface area (Å²) in [4.78, 5) is 5.01. The maximum atomic E-state index is 5.01. The van der Waals surface area contributed by atoms with Crippen molar-refractivity contribution in [2.24, 2.45) is 0 Å². The van der Waals surface area contributed by atoms with Crippen LogP contribution in [-0.4, -0.2) is 14.0 Å². The van der Waals surface area contributed by atoms with Crippen LogP contribution in [0.15, 0.2) is 103 Å². The Labute approximate surface area is 193 Å². The number of hydrogen-bond donors (Lipinski definition) is 0. The molecule has 0 saturated heterocycles. The van der Waals surface area contributed by atoms with E-state index in [1.807, 2.05) is 6.07 Å². The van der Waals surface area contributed by atoms with Crippen molar-refractivity contribution in [3.63, 3.8) is 0 Å². The third kappa shape index (κ3) is 3.08. The van der Waals surface area contributed by atoms with Gasteiger partial charge in [-0.15, -0.1) is 0 Å². The molecule has 6 aromatic rings. The van der Waals surface area contributed by atoms with Crippen LogP contribution in [-0.2, 0) is 0 Å². The van der Waals surface area contributed by atoms with Crippen LogP contribution in [0.2, 0.25) is 0 Å². The number of benzene rings is 4. The molecule has 160 valence electrons. The molecule has 0 amide bonds. The third-order valence-electron chi connectivity index (χ3n) is 6.51. The van der Waals surface area contributed by atoms with E-state index in [4.69, 9.17) is 4.98 Å². The second kappa shape index (κ2) is 7.79. The molecule has 0 atom stereocenters. The van der Waals surface area contributed by atoms with Crippen LogP contribution in [0, 0.1) is 0 Å². The van der Waals surface area contributed by atoms with Gasteiger partial charge in [-0.25, -0.2) is 4.98 Å². The van der Waals surface area contributed by atoms with Crippen LogP contribution in [0.5, 0.6) is 0 Å². The molecule has 0 N–H and O–H groups in total. The van der Waals surface area contributed by atoms with E-state index in [-0.39, 0.29) is 0 Å². The molecule has 0 unspecified atom stereocenters. The predicted molar refractivity (Wildman–Crippen MR) is 139 cm³/mol. The summed E-state index contributed by atoms with van der Waals surface area (Å²) >= 11 is 0. The maximum Gasteiger partial charge on any atom is 0.220 e. The number of imidazole rings is 2. The van der Waals surface area contributed by atoms with Crippen molar-refractivity contribution in [3.05, 3.63) is 109 Å². The zero-order chi connectivity index (χ0) is 22.4. The Balaban J connectivity index is 1.58. The van der Waals surface area contributed by atoms with Crippen molar-refractivity contribution in [3.8, 4) is 16.8 Å². The second-order valence-electron chi connectivity index (χ2n) is 8.36. The Morgan fingerprint density at radius 3 is 2.24 bits per heavy atom. The Hall–Kier alpha value is -4.11. The quantitative estimate of drug-likeness (QED) is 0.280. The molecule has 0 aliphatic rings. The highest BCUT2D eigenvalue weighted by Gasteiger charge is 2.17. The van der Waals surface area contributed by atoms with Gasteiger partial charge in [0.2, 0.25) is 5.78 Å². The molecule has 0 radical (unpaired) electrons. The highest BCUT2D eigenvalue weighted by molar-refractivity contribution is 5.92. The van der Waals surface area contributed by atoms with Crippen LogP contribution >= 0.6 is 0 Å². The molecule has 0 aliphatic heterocycles. The number of allylic oxidation sites excluding steroid dienone is 2. The fraction of sp³-hybridized carbons (Fsp3) is 0.100. The topological polar surface area (TPSA) is 22.2 Å². The summed E-state index contributed by atoms with van der Waals surface area (Å²) in [7, 11) is 0. The zero-order valence-electron chi connectivity index (χ0n) is 18.9. The molecule has 0 bridgehead atoms. The van der Waals surface area contributed by atoms with Crippen molar-refractivity contribution < 1.29 is 0 Å². The first kappa shape index (κ1) is 19.6. The number of aromatic nitrogens is 3. The number of fused-ring (bicyclic) bond motifs is 5. The first-order chi connectivity index (χ1) is 16.3. The number of nitrogens with zero attached hydrogens (tertiary/aromatic N) is 3. The number of rotatable bonds is 4. The van der Waals surface area contributed by atoms with E-state index in [9.17, 15) is 0 Å². The minimum absolute atomic E-state index is 0.936. The van der Waals surface area contributed by atoms with Crippen LogP contribution in [0.25, 0.3) is 50.2 Å². The summed E-state index contributed by atoms with van der Waals surface area (Å²) in [5, 5.41) is 0. The van der Waals surface area contributed by atoms with E-state index in [2.05, 4.69) is 120 Å². The van der Waals surface area contributed by atoms with Gasteiger partial charge in [-0.1, -0.05) is 67.6 Å². The molecule has 0 fully saturated rings. The molecule has 6 rings (SSSR count). The van der Waals surface area contributed by atoms with Gasteiger partial charge in [0.15, 0.2) is 0 Å². The summed E-state index contributed by atoms with van der Waals surface area (Å²) in [6.07, 6.45) is 3.24. The molecule has 0 saturated carbocycles. The van der Waals surface area contributed by atoms with Crippen molar-refractivity contribution in [2.75, 3.05) is 0 Å². The number of hydrogen-bond acceptors (Lipinski definition) is 1. The minimum atomic E-state index is 0.936. The van der Waals surface area contributed by atoms with Crippen molar-refractivity contribution in [2.45, 2.75) is 20.3 Å². The van der Waals surface area contributed by atoms with Crippen molar-refractivity contribution >= 4 is 33.4 Å². The van der Waals surface area contributed by atoms with Crippen LogP contribution in [0.3, 0.4) is 0 Å². The third-order valence-corrected chi connectivity index (χ3v) is 6.51. The van der Waals surface area contributed by atoms with Crippen LogP contribution in [0.4, 0.5) is 0 Å². The molecule has 3 heteroatoms. The summed E-state index contributed by atoms with van der Waals surface area (Å²) in [6.45, 7) is 4.32. The zero-order valence-corrected chi connectivity index (χ0v) is 18.9. The van der Waals surface area contributed by atoms with E-state index >= 15 is 0 Å². The predicted octanol–water partition coefficient (Wildman–Crippen LogP) is 7.91. The molecule has 33 heavy (non-hydrogen) atoms. The van der Waals surface area contributed by atoms with E-state index in [0.717, 1.165) is 40.0 Å². The first-order valence-electron chi connectivity index (χ1n) is 11.5. The normalized spacial score (nSPS) is 12.2. The van der Waals surface area contributed by atoms with E-state index in [1.54, 1.807) is 0 Å². The van der Waals surface area contributed by atoms with Crippen LogP contribution in [0.1, 0.15) is 25.8 Å². The van der Waals surface area contributed by atoms with Gasteiger partial charge >= 0.3 is 0 Å². The summed E-state index contributed by atoms with van der Waals surface area (Å²) in [5.41, 5.74) is 10.6. The van der Waals surface area contributed by atoms with E-state index in [1.165, 1.54) is 22.3 Å². The lowest BCUT2D eigenvalue weighted by Gasteiger charge is -2.10. The first-order valence-corrected chi connectivity index (χ1v) is 11.5. The van der Waals surface area contributed by atoms with Gasteiger partial charge in [0.05, 0.1) is 22.1 Å². The van der Waals surface area contributed by atoms with Crippen molar-refractivity contribution in [1.82, 2.24) is 14.0 Å². The van der Waals surface area contributed by atoms with Gasteiger partial charge in [-0.2, -0.15) is 0 Å². The standard InChI is InChI=1S/C30H25N3/c1-3-21(4-2)22-11-9-12-23(19-22)24-13-10-14-25(20-24)32-28-17-7-8-18-29(28)33-27-16-6-5-15-26(27)31-30(32)33/h3,5-20H,4H2,1-2H3. The van der Waals surface area contributed by atoms with E-state index in [0.29, 0.717) is 0 Å². The van der Waals surface area contributed by atoms with E-state index < -0.39 is 0 Å². The minimum Gasteiger partial charge on any atom is -0.278 e. The SMILES string of the molecule is CC=C(CC)c1cccc(-c2cccc(-n3c4ccccc4n4c5ccccc5nc34)c2)c1. The molecular weight excluding hydrogens is 402 g/mol. The summed E-state index contributed by atoms with van der Waals surface area (Å²) < 4.78 is 4.53. The lowest BCUT2D eigenvalue weighted by Crippen LogP contribution is -1.95. The Morgan fingerprint density at radius 2 is 1.45 bits per heavy atom. The lowest BCUT2D eigenvalue weighted by molar-refractivity contribution is 1.11. The van der Waals surface area contributed by atoms with Gasteiger partial charge < -0.3 is 0 Å². The fourth-order valence-corrected chi connectivity index (χ4v) is 4.90. The highest BCUT2D eigenvalue weighted by Crippen LogP contribution is 2.31. The highest BCUT2D eigenvalue weighted by atomic mass is 15.2. The molecule has 2 heterocycles. The molecule has 4 aromatic carbocycles. The van der Waals surface area contributed by atoms with Gasteiger partial charge in [0, 0.05) is 5.69 Å². The van der Waals surface area contributed by atoms with Gasteiger partial charge in [0.1, 0.15) is 0 Å². The van der Waals surface area contributed by atoms with Crippen molar-refractivity contribution in [1.29, 1.82) is 0 Å². The Kier molecular flexibility index (Phi) is 4.62. The average Bonchev–Trinajstić information content (AvgIpc) is 3.39. The fourth-order valence-electron chi connectivity index (χ4n) is 4.90. The number of para-hydroxylation sites is 4. The smallest absolute Gasteiger partial charge is 0.220 e. The van der Waals surface area contributed by atoms with Gasteiger partial charge in [0.25, 0.3) is 0 Å². The van der Waals surface area contributed by atoms with Gasteiger partial charge in [-0.05, 0) is 78.1 Å². The Morgan fingerprint density at radius 1 is 0.758 bits per heavy atom. The van der Waals surface area contributed by atoms with Gasteiger partial charge in [-0.3, -0.25) is 8.97 Å². The lowest BCUT2D eigenvalue weighted by atomic mass is 9.97. The summed E-state index contributed by atoms with van der Waals surface area (Å²) in [5.74, 6) is 0.936. The Bertz CT molecular complexity index is 1660. The molecular formula is C30H25N3. The molecule has 2 aromatic heterocycles. The second-order valence-corrected chi connectivity index (χ2v) is 8.36. The monoisotopic (exact) mass is 427 g/mol. The van der Waals surface area contributed by atoms with Crippen LogP contribution < -0.4 is 0 Å². The molecule has 0 spiro atoms. The summed E-state index contributed by atoms with van der Waals surface area (Å²) in [6, 6.07) is 34.5. The molecule has 0 aliphatic carbocycles. The average molecular weight is 428 g/mol.